The first-order valence-electron chi connectivity index (χ1n) is 4.52. The lowest BCUT2D eigenvalue weighted by atomic mass is 10.3. The van der Waals surface area contributed by atoms with Gasteiger partial charge < -0.3 is 9.64 Å². The van der Waals surface area contributed by atoms with E-state index >= 15 is 0 Å². The fraction of sp³-hybridized carbons (Fsp3) is 0.400. The van der Waals surface area contributed by atoms with E-state index in [1.165, 1.54) is 0 Å². The molecule has 0 N–H and O–H groups in total. The largest absolute Gasteiger partial charge is 0.383 e. The zero-order valence-electron chi connectivity index (χ0n) is 8.74. The van der Waals surface area contributed by atoms with Crippen LogP contribution < -0.4 is 0 Å². The van der Waals surface area contributed by atoms with E-state index < -0.39 is 0 Å². The van der Waals surface area contributed by atoms with Gasteiger partial charge in [-0.1, -0.05) is 17.7 Å². The summed E-state index contributed by atoms with van der Waals surface area (Å²) in [6.45, 7) is 1.03. The quantitative estimate of drug-likeness (QED) is 0.733. The summed E-state index contributed by atoms with van der Waals surface area (Å²) in [6, 6.07) is 4.97. The summed E-state index contributed by atoms with van der Waals surface area (Å²) in [6.07, 6.45) is 0. The van der Waals surface area contributed by atoms with Crippen LogP contribution in [0.15, 0.2) is 18.2 Å². The van der Waals surface area contributed by atoms with Gasteiger partial charge in [0.15, 0.2) is 0 Å². The van der Waals surface area contributed by atoms with Crippen LogP contribution in [-0.2, 0) is 4.74 Å². The second-order valence-electron chi connectivity index (χ2n) is 3.07. The number of aromatic nitrogens is 1. The fourth-order valence-electron chi connectivity index (χ4n) is 1.05. The zero-order valence-corrected chi connectivity index (χ0v) is 9.49. The number of rotatable bonds is 4. The maximum atomic E-state index is 11.8. The molecule has 1 heterocycles. The monoisotopic (exact) mass is 228 g/mol. The Morgan fingerprint density at radius 3 is 2.93 bits per heavy atom. The van der Waals surface area contributed by atoms with Gasteiger partial charge in [-0.2, -0.15) is 0 Å². The topological polar surface area (TPSA) is 42.4 Å². The molecule has 0 radical (unpaired) electrons. The van der Waals surface area contributed by atoms with Crippen LogP contribution in [-0.4, -0.2) is 43.1 Å². The van der Waals surface area contributed by atoms with Gasteiger partial charge in [-0.15, -0.1) is 0 Å². The Labute approximate surface area is 93.8 Å². The van der Waals surface area contributed by atoms with Crippen LogP contribution >= 0.6 is 11.6 Å². The highest BCUT2D eigenvalue weighted by Gasteiger charge is 2.12. The maximum Gasteiger partial charge on any atom is 0.272 e. The average molecular weight is 229 g/mol. The Balaban J connectivity index is 2.67. The molecule has 0 unspecified atom stereocenters. The number of amides is 1. The summed E-state index contributed by atoms with van der Waals surface area (Å²) in [5, 5.41) is 0.320. The number of likely N-dealkylation sites (N-methyl/N-ethyl adjacent to an activating group) is 1. The molecule has 0 bridgehead atoms. The number of hydrogen-bond acceptors (Lipinski definition) is 3. The highest BCUT2D eigenvalue weighted by atomic mass is 35.5. The van der Waals surface area contributed by atoms with E-state index in [4.69, 9.17) is 16.3 Å². The minimum Gasteiger partial charge on any atom is -0.383 e. The molecular formula is C10H13ClN2O2. The van der Waals surface area contributed by atoms with Crippen molar-refractivity contribution >= 4 is 17.5 Å². The summed E-state index contributed by atoms with van der Waals surface area (Å²) < 4.78 is 4.88. The Hall–Kier alpha value is -1.13. The second-order valence-corrected chi connectivity index (χ2v) is 3.45. The predicted octanol–water partition coefficient (Wildman–Crippen LogP) is 1.45. The summed E-state index contributed by atoms with van der Waals surface area (Å²) in [4.78, 5) is 17.2. The van der Waals surface area contributed by atoms with Crippen molar-refractivity contribution in [3.8, 4) is 0 Å². The summed E-state index contributed by atoms with van der Waals surface area (Å²) in [7, 11) is 3.29. The highest BCUT2D eigenvalue weighted by molar-refractivity contribution is 6.29. The van der Waals surface area contributed by atoms with E-state index in [1.807, 2.05) is 0 Å². The van der Waals surface area contributed by atoms with Gasteiger partial charge in [0.25, 0.3) is 5.91 Å². The molecule has 82 valence electrons. The van der Waals surface area contributed by atoms with Gasteiger partial charge in [-0.3, -0.25) is 4.79 Å². The molecule has 1 rings (SSSR count). The molecule has 0 aliphatic heterocycles. The molecule has 4 nitrogen and oxygen atoms in total. The number of carbonyl (C=O) groups excluding carboxylic acids is 1. The molecule has 0 atom stereocenters. The Morgan fingerprint density at radius 1 is 1.60 bits per heavy atom. The summed E-state index contributed by atoms with van der Waals surface area (Å²) in [5.74, 6) is -0.158. The standard InChI is InChI=1S/C10H13ClN2O2/c1-13(6-7-15-2)10(14)8-4-3-5-9(11)12-8/h3-5H,6-7H2,1-2H3. The number of ether oxygens (including phenoxy) is 1. The molecule has 1 aromatic rings. The second kappa shape index (κ2) is 5.68. The lowest BCUT2D eigenvalue weighted by Gasteiger charge is -2.15. The van der Waals surface area contributed by atoms with E-state index in [0.717, 1.165) is 0 Å². The van der Waals surface area contributed by atoms with Gasteiger partial charge in [0.2, 0.25) is 0 Å². The van der Waals surface area contributed by atoms with Crippen LogP contribution in [0.5, 0.6) is 0 Å². The molecule has 0 fully saturated rings. The van der Waals surface area contributed by atoms with Gasteiger partial charge in [0, 0.05) is 20.7 Å². The van der Waals surface area contributed by atoms with Crippen molar-refractivity contribution in [2.24, 2.45) is 0 Å². The third kappa shape index (κ3) is 3.49. The molecule has 0 aliphatic carbocycles. The molecule has 1 amide bonds. The number of carbonyl (C=O) groups is 1. The number of halogens is 1. The maximum absolute atomic E-state index is 11.8. The third-order valence-electron chi connectivity index (χ3n) is 1.91. The molecule has 0 aliphatic rings. The molecule has 0 aromatic carbocycles. The van der Waals surface area contributed by atoms with Gasteiger partial charge in [-0.25, -0.2) is 4.98 Å². The smallest absolute Gasteiger partial charge is 0.272 e. The van der Waals surface area contributed by atoms with Crippen LogP contribution in [0, 0.1) is 0 Å². The zero-order chi connectivity index (χ0) is 11.3. The molecule has 0 saturated carbocycles. The van der Waals surface area contributed by atoms with Crippen molar-refractivity contribution in [2.75, 3.05) is 27.3 Å². The van der Waals surface area contributed by atoms with Crippen molar-refractivity contribution in [1.29, 1.82) is 0 Å². The molecule has 0 saturated heterocycles. The minimum absolute atomic E-state index is 0.158. The first kappa shape index (κ1) is 11.9. The van der Waals surface area contributed by atoms with E-state index in [-0.39, 0.29) is 5.91 Å². The number of methoxy groups -OCH3 is 1. The normalized spacial score (nSPS) is 10.1. The summed E-state index contributed by atoms with van der Waals surface area (Å²) >= 11 is 5.69. The number of hydrogen-bond donors (Lipinski definition) is 0. The molecule has 0 spiro atoms. The van der Waals surface area contributed by atoms with Crippen molar-refractivity contribution in [2.45, 2.75) is 0 Å². The van der Waals surface area contributed by atoms with Crippen molar-refractivity contribution in [1.82, 2.24) is 9.88 Å². The predicted molar refractivity (Wildman–Crippen MR) is 58.1 cm³/mol. The van der Waals surface area contributed by atoms with Crippen LogP contribution in [0.2, 0.25) is 5.15 Å². The van der Waals surface area contributed by atoms with E-state index in [0.29, 0.717) is 24.0 Å². The number of pyridine rings is 1. The van der Waals surface area contributed by atoms with E-state index in [9.17, 15) is 4.79 Å². The molecule has 1 aromatic heterocycles. The molecule has 15 heavy (non-hydrogen) atoms. The lowest BCUT2D eigenvalue weighted by molar-refractivity contribution is 0.0738. The average Bonchev–Trinajstić information content (AvgIpc) is 2.24. The van der Waals surface area contributed by atoms with Gasteiger partial charge in [0.05, 0.1) is 6.61 Å². The minimum atomic E-state index is -0.158. The van der Waals surface area contributed by atoms with E-state index in [2.05, 4.69) is 4.98 Å². The Bertz CT molecular complexity index is 344. The van der Waals surface area contributed by atoms with Gasteiger partial charge in [0.1, 0.15) is 10.8 Å². The Kier molecular flexibility index (Phi) is 4.52. The highest BCUT2D eigenvalue weighted by Crippen LogP contribution is 2.06. The third-order valence-corrected chi connectivity index (χ3v) is 2.12. The SMILES string of the molecule is COCCN(C)C(=O)c1cccc(Cl)n1. The van der Waals surface area contributed by atoms with Crippen molar-refractivity contribution in [3.05, 3.63) is 29.0 Å². The first-order chi connectivity index (χ1) is 7.15. The van der Waals surface area contributed by atoms with E-state index in [1.54, 1.807) is 37.3 Å². The fourth-order valence-corrected chi connectivity index (χ4v) is 1.22. The van der Waals surface area contributed by atoms with Gasteiger partial charge in [-0.05, 0) is 12.1 Å². The van der Waals surface area contributed by atoms with Crippen LogP contribution in [0.3, 0.4) is 0 Å². The van der Waals surface area contributed by atoms with Crippen LogP contribution in [0.25, 0.3) is 0 Å². The summed E-state index contributed by atoms with van der Waals surface area (Å²) in [5.41, 5.74) is 0.348. The van der Waals surface area contributed by atoms with Crippen molar-refractivity contribution in [3.63, 3.8) is 0 Å². The van der Waals surface area contributed by atoms with Crippen LogP contribution in [0.1, 0.15) is 10.5 Å². The van der Waals surface area contributed by atoms with Crippen LogP contribution in [0.4, 0.5) is 0 Å². The number of nitrogens with zero attached hydrogens (tertiary/aromatic N) is 2. The Morgan fingerprint density at radius 2 is 2.33 bits per heavy atom. The first-order valence-corrected chi connectivity index (χ1v) is 4.90. The van der Waals surface area contributed by atoms with Gasteiger partial charge >= 0.3 is 0 Å². The molecule has 5 heteroatoms. The molecular weight excluding hydrogens is 216 g/mol. The lowest BCUT2D eigenvalue weighted by Crippen LogP contribution is -2.30. The van der Waals surface area contributed by atoms with Crippen molar-refractivity contribution < 1.29 is 9.53 Å².